The van der Waals surface area contributed by atoms with Crippen LogP contribution in [0, 0.1) is 23.0 Å². The normalized spacial score (nSPS) is 10.0. The lowest BCUT2D eigenvalue weighted by Crippen LogP contribution is -2.06. The number of nitriles is 1. The zero-order valence-corrected chi connectivity index (χ0v) is 12.7. The molecule has 0 heterocycles. The summed E-state index contributed by atoms with van der Waals surface area (Å²) < 4.78 is 33.6. The Bertz CT molecular complexity index is 690. The van der Waals surface area contributed by atoms with Gasteiger partial charge in [0, 0.05) is 16.6 Å². The van der Waals surface area contributed by atoms with Crippen LogP contribution in [0.1, 0.15) is 11.1 Å². The number of rotatable bonds is 4. The van der Waals surface area contributed by atoms with Crippen LogP contribution in [0.4, 0.5) is 14.5 Å². The zero-order valence-electron chi connectivity index (χ0n) is 11.1. The molecule has 0 aliphatic carbocycles. The Labute approximate surface area is 129 Å². The first-order chi connectivity index (χ1) is 10.0. The van der Waals surface area contributed by atoms with Gasteiger partial charge in [-0.1, -0.05) is 15.9 Å². The molecule has 2 rings (SSSR count). The van der Waals surface area contributed by atoms with E-state index in [9.17, 15) is 8.78 Å². The molecule has 21 heavy (non-hydrogen) atoms. The quantitative estimate of drug-likeness (QED) is 0.895. The molecule has 0 saturated carbocycles. The smallest absolute Gasteiger partial charge is 0.142 e. The first kappa shape index (κ1) is 15.3. The van der Waals surface area contributed by atoms with Gasteiger partial charge in [0.25, 0.3) is 0 Å². The van der Waals surface area contributed by atoms with E-state index in [1.165, 1.54) is 7.11 Å². The van der Waals surface area contributed by atoms with Crippen LogP contribution >= 0.6 is 15.9 Å². The van der Waals surface area contributed by atoms with Crippen molar-refractivity contribution in [2.75, 3.05) is 12.4 Å². The van der Waals surface area contributed by atoms with Crippen LogP contribution in [0.15, 0.2) is 34.8 Å². The fraction of sp³-hybridized carbons (Fsp3) is 0.133. The van der Waals surface area contributed by atoms with Crippen molar-refractivity contribution in [2.45, 2.75) is 6.54 Å². The minimum atomic E-state index is -0.756. The van der Waals surface area contributed by atoms with Crippen molar-refractivity contribution in [3.63, 3.8) is 0 Å². The summed E-state index contributed by atoms with van der Waals surface area (Å²) >= 11 is 3.32. The third-order valence-corrected chi connectivity index (χ3v) is 3.38. The number of benzene rings is 2. The van der Waals surface area contributed by atoms with Crippen LogP contribution in [0.2, 0.25) is 0 Å². The molecule has 3 nitrogen and oxygen atoms in total. The minimum Gasteiger partial charge on any atom is -0.495 e. The molecule has 0 atom stereocenters. The van der Waals surface area contributed by atoms with E-state index < -0.39 is 11.6 Å². The van der Waals surface area contributed by atoms with Crippen LogP contribution in [0.25, 0.3) is 0 Å². The summed E-state index contributed by atoms with van der Waals surface area (Å²) in [6, 6.07) is 9.01. The number of hydrogen-bond acceptors (Lipinski definition) is 3. The average molecular weight is 353 g/mol. The topological polar surface area (TPSA) is 45.0 Å². The van der Waals surface area contributed by atoms with Gasteiger partial charge in [0.05, 0.1) is 24.4 Å². The monoisotopic (exact) mass is 352 g/mol. The lowest BCUT2D eigenvalue weighted by molar-refractivity contribution is 0.416. The number of nitrogens with zero attached hydrogens (tertiary/aromatic N) is 1. The highest BCUT2D eigenvalue weighted by molar-refractivity contribution is 9.10. The molecular formula is C15H11BrF2N2O. The van der Waals surface area contributed by atoms with Crippen molar-refractivity contribution in [1.29, 1.82) is 5.26 Å². The Morgan fingerprint density at radius 3 is 2.48 bits per heavy atom. The van der Waals surface area contributed by atoms with Crippen LogP contribution in [-0.2, 0) is 6.54 Å². The number of hydrogen-bond donors (Lipinski definition) is 1. The molecule has 108 valence electrons. The molecular weight excluding hydrogens is 342 g/mol. The SMILES string of the molecule is COc1ccc(Br)cc1NCc1c(F)cc(C#N)cc1F. The third kappa shape index (κ3) is 3.50. The van der Waals surface area contributed by atoms with E-state index in [0.717, 1.165) is 16.6 Å². The van der Waals surface area contributed by atoms with E-state index in [0.29, 0.717) is 11.4 Å². The molecule has 2 aromatic carbocycles. The molecule has 0 unspecified atom stereocenters. The first-order valence-electron chi connectivity index (χ1n) is 6.00. The Kier molecular flexibility index (Phi) is 4.76. The summed E-state index contributed by atoms with van der Waals surface area (Å²) in [5.74, 6) is -0.950. The lowest BCUT2D eigenvalue weighted by Gasteiger charge is -2.12. The van der Waals surface area contributed by atoms with E-state index in [1.807, 2.05) is 0 Å². The predicted molar refractivity (Wildman–Crippen MR) is 79.1 cm³/mol. The molecule has 0 bridgehead atoms. The zero-order chi connectivity index (χ0) is 15.4. The van der Waals surface area contributed by atoms with Gasteiger partial charge in [-0.2, -0.15) is 5.26 Å². The number of ether oxygens (including phenoxy) is 1. The first-order valence-corrected chi connectivity index (χ1v) is 6.80. The fourth-order valence-electron chi connectivity index (χ4n) is 1.84. The largest absolute Gasteiger partial charge is 0.495 e. The second kappa shape index (κ2) is 6.55. The van der Waals surface area contributed by atoms with Gasteiger partial charge in [-0.3, -0.25) is 0 Å². The Balaban J connectivity index is 2.25. The lowest BCUT2D eigenvalue weighted by atomic mass is 10.1. The highest BCUT2D eigenvalue weighted by Crippen LogP contribution is 2.28. The van der Waals surface area contributed by atoms with Gasteiger partial charge in [-0.15, -0.1) is 0 Å². The molecule has 2 aromatic rings. The summed E-state index contributed by atoms with van der Waals surface area (Å²) in [6.45, 7) is -0.0593. The summed E-state index contributed by atoms with van der Waals surface area (Å²) in [6.07, 6.45) is 0. The van der Waals surface area contributed by atoms with Gasteiger partial charge in [-0.25, -0.2) is 8.78 Å². The molecule has 0 aromatic heterocycles. The molecule has 0 saturated heterocycles. The standard InChI is InChI=1S/C15H11BrF2N2O/c1-21-15-3-2-10(16)6-14(15)20-8-11-12(17)4-9(7-19)5-13(11)18/h2-6,20H,8H2,1H3. The maximum atomic E-state index is 13.8. The molecule has 1 N–H and O–H groups in total. The van der Waals surface area contributed by atoms with Gasteiger partial charge in [0.15, 0.2) is 0 Å². The minimum absolute atomic E-state index is 0.0474. The van der Waals surface area contributed by atoms with E-state index in [2.05, 4.69) is 21.2 Å². The number of nitrogens with one attached hydrogen (secondary N) is 1. The highest BCUT2D eigenvalue weighted by atomic mass is 79.9. The molecule has 0 radical (unpaired) electrons. The van der Waals surface area contributed by atoms with Gasteiger partial charge in [0.1, 0.15) is 17.4 Å². The summed E-state index contributed by atoms with van der Waals surface area (Å²) in [4.78, 5) is 0. The van der Waals surface area contributed by atoms with Crippen LogP contribution < -0.4 is 10.1 Å². The van der Waals surface area contributed by atoms with Crippen LogP contribution in [0.3, 0.4) is 0 Å². The van der Waals surface area contributed by atoms with Crippen molar-refractivity contribution in [3.8, 4) is 11.8 Å². The van der Waals surface area contributed by atoms with Crippen LogP contribution in [0.5, 0.6) is 5.75 Å². The van der Waals surface area contributed by atoms with Crippen molar-refractivity contribution in [2.24, 2.45) is 0 Å². The Morgan fingerprint density at radius 1 is 1.24 bits per heavy atom. The summed E-state index contributed by atoms with van der Waals surface area (Å²) in [7, 11) is 1.51. The van der Waals surface area contributed by atoms with Crippen molar-refractivity contribution in [3.05, 3.63) is 57.6 Å². The van der Waals surface area contributed by atoms with Crippen molar-refractivity contribution < 1.29 is 13.5 Å². The number of halogens is 3. The van der Waals surface area contributed by atoms with Crippen molar-refractivity contribution >= 4 is 21.6 Å². The fourth-order valence-corrected chi connectivity index (χ4v) is 2.20. The van der Waals surface area contributed by atoms with E-state index in [1.54, 1.807) is 24.3 Å². The summed E-state index contributed by atoms with van der Waals surface area (Å²) in [5, 5.41) is 11.6. The second-order valence-corrected chi connectivity index (χ2v) is 5.14. The number of anilines is 1. The van der Waals surface area contributed by atoms with E-state index >= 15 is 0 Å². The highest BCUT2D eigenvalue weighted by Gasteiger charge is 2.12. The molecule has 0 aliphatic heterocycles. The molecule has 0 fully saturated rings. The van der Waals surface area contributed by atoms with Crippen LogP contribution in [-0.4, -0.2) is 7.11 Å². The van der Waals surface area contributed by atoms with Crippen molar-refractivity contribution in [1.82, 2.24) is 0 Å². The maximum absolute atomic E-state index is 13.8. The van der Waals surface area contributed by atoms with E-state index in [4.69, 9.17) is 10.00 Å². The molecule has 0 amide bonds. The molecule has 0 spiro atoms. The average Bonchev–Trinajstić information content (AvgIpc) is 2.46. The maximum Gasteiger partial charge on any atom is 0.142 e. The summed E-state index contributed by atoms with van der Waals surface area (Å²) in [5.41, 5.74) is 0.430. The Hall–Kier alpha value is -2.13. The van der Waals surface area contributed by atoms with Gasteiger partial charge in [0.2, 0.25) is 0 Å². The predicted octanol–water partition coefficient (Wildman–Crippen LogP) is 4.22. The van der Waals surface area contributed by atoms with Gasteiger partial charge in [-0.05, 0) is 30.3 Å². The van der Waals surface area contributed by atoms with Gasteiger partial charge < -0.3 is 10.1 Å². The molecule has 6 heteroatoms. The third-order valence-electron chi connectivity index (χ3n) is 2.89. The molecule has 0 aliphatic rings. The van der Waals surface area contributed by atoms with E-state index in [-0.39, 0.29) is 17.7 Å². The number of methoxy groups -OCH3 is 1. The van der Waals surface area contributed by atoms with Gasteiger partial charge >= 0.3 is 0 Å². The second-order valence-electron chi connectivity index (χ2n) is 4.23. The Morgan fingerprint density at radius 2 is 1.90 bits per heavy atom.